The summed E-state index contributed by atoms with van der Waals surface area (Å²) in [6.45, 7) is 0. The molecule has 1 heterocycles. The van der Waals surface area contributed by atoms with E-state index in [1.165, 1.54) is 12.8 Å². The number of hydrogen-bond acceptors (Lipinski definition) is 3. The van der Waals surface area contributed by atoms with Gasteiger partial charge in [-0.05, 0) is 12.8 Å². The fraction of sp³-hybridized carbons (Fsp3) is 0.417. The van der Waals surface area contributed by atoms with Gasteiger partial charge in [0.25, 0.3) is 0 Å². The summed E-state index contributed by atoms with van der Waals surface area (Å²) in [6, 6.07) is 12.7. The van der Waals surface area contributed by atoms with Crippen molar-refractivity contribution >= 4 is 17.7 Å². The predicted octanol–water partition coefficient (Wildman–Crippen LogP) is 1.57. The highest BCUT2D eigenvalue weighted by Gasteiger charge is 2.28. The van der Waals surface area contributed by atoms with Gasteiger partial charge in [-0.15, -0.1) is 11.8 Å². The fourth-order valence-corrected chi connectivity index (χ4v) is 2.23. The minimum Gasteiger partial charge on any atom is -0.331 e. The van der Waals surface area contributed by atoms with E-state index in [0.717, 1.165) is 0 Å². The Kier molecular flexibility index (Phi) is 4.25. The third-order valence-electron chi connectivity index (χ3n) is 2.30. The SMILES string of the molecule is O=C1CSC(NC2CC2)N1.c1ccccc1. The summed E-state index contributed by atoms with van der Waals surface area (Å²) in [5, 5.41) is 6.15. The first-order chi connectivity index (χ1) is 7.84. The van der Waals surface area contributed by atoms with Crippen LogP contribution in [0.25, 0.3) is 0 Å². The summed E-state index contributed by atoms with van der Waals surface area (Å²) in [5.74, 6) is 0.771. The van der Waals surface area contributed by atoms with Gasteiger partial charge < -0.3 is 5.32 Å². The van der Waals surface area contributed by atoms with E-state index in [1.807, 2.05) is 36.4 Å². The predicted molar refractivity (Wildman–Crippen MR) is 67.0 cm³/mol. The van der Waals surface area contributed by atoms with Gasteiger partial charge in [0, 0.05) is 6.04 Å². The first kappa shape index (κ1) is 11.5. The lowest BCUT2D eigenvalue weighted by atomic mass is 10.4. The van der Waals surface area contributed by atoms with Crippen molar-refractivity contribution in [1.29, 1.82) is 0 Å². The Morgan fingerprint density at radius 3 is 2.06 bits per heavy atom. The van der Waals surface area contributed by atoms with E-state index in [4.69, 9.17) is 0 Å². The number of benzene rings is 1. The summed E-state index contributed by atoms with van der Waals surface area (Å²) in [7, 11) is 0. The third-order valence-corrected chi connectivity index (χ3v) is 3.32. The average molecular weight is 236 g/mol. The van der Waals surface area contributed by atoms with E-state index in [2.05, 4.69) is 10.6 Å². The molecular weight excluding hydrogens is 220 g/mol. The molecule has 1 aliphatic carbocycles. The second-order valence-corrected chi connectivity index (χ2v) is 4.95. The zero-order valence-electron chi connectivity index (χ0n) is 9.06. The lowest BCUT2D eigenvalue weighted by molar-refractivity contribution is -0.118. The molecule has 2 N–H and O–H groups in total. The monoisotopic (exact) mass is 236 g/mol. The Morgan fingerprint density at radius 2 is 1.69 bits per heavy atom. The van der Waals surface area contributed by atoms with Crippen molar-refractivity contribution < 1.29 is 4.79 Å². The standard InChI is InChI=1S/C6H10N2OS.C6H6/c9-5-3-10-6(8-5)7-4-1-2-4;1-2-4-6-5-3-1/h4,6-7H,1-3H2,(H,8,9);1-6H. The van der Waals surface area contributed by atoms with Crippen LogP contribution in [0, 0.1) is 0 Å². The Bertz CT molecular complexity index is 300. The highest BCUT2D eigenvalue weighted by Crippen LogP contribution is 2.22. The molecule has 3 rings (SSSR count). The van der Waals surface area contributed by atoms with Gasteiger partial charge in [0.1, 0.15) is 5.50 Å². The van der Waals surface area contributed by atoms with Gasteiger partial charge >= 0.3 is 0 Å². The molecule has 2 fully saturated rings. The average Bonchev–Trinajstić information content (AvgIpc) is 3.04. The molecule has 4 heteroatoms. The van der Waals surface area contributed by atoms with Crippen LogP contribution in [0.15, 0.2) is 36.4 Å². The molecule has 1 saturated heterocycles. The van der Waals surface area contributed by atoms with E-state index in [9.17, 15) is 4.79 Å². The third kappa shape index (κ3) is 4.24. The Labute approximate surface area is 100.0 Å². The molecule has 1 saturated carbocycles. The van der Waals surface area contributed by atoms with Crippen LogP contribution in [0.1, 0.15) is 12.8 Å². The van der Waals surface area contributed by atoms with Gasteiger partial charge in [-0.3, -0.25) is 10.1 Å². The van der Waals surface area contributed by atoms with Crippen LogP contribution < -0.4 is 10.6 Å². The highest BCUT2D eigenvalue weighted by molar-refractivity contribution is 8.00. The van der Waals surface area contributed by atoms with Crippen LogP contribution in [0.5, 0.6) is 0 Å². The van der Waals surface area contributed by atoms with E-state index in [0.29, 0.717) is 11.8 Å². The van der Waals surface area contributed by atoms with Gasteiger partial charge in [0.2, 0.25) is 5.91 Å². The molecule has 1 unspecified atom stereocenters. The van der Waals surface area contributed by atoms with Gasteiger partial charge in [0.05, 0.1) is 5.75 Å². The highest BCUT2D eigenvalue weighted by atomic mass is 32.2. The van der Waals surface area contributed by atoms with E-state index >= 15 is 0 Å². The molecule has 2 aliphatic rings. The zero-order valence-corrected chi connectivity index (χ0v) is 9.87. The Hall–Kier alpha value is -1.00. The number of carbonyl (C=O) groups is 1. The second kappa shape index (κ2) is 5.92. The smallest absolute Gasteiger partial charge is 0.231 e. The molecule has 1 aromatic rings. The number of carbonyl (C=O) groups excluding carboxylic acids is 1. The largest absolute Gasteiger partial charge is 0.331 e. The van der Waals surface area contributed by atoms with Crippen LogP contribution in [-0.2, 0) is 4.79 Å². The quantitative estimate of drug-likeness (QED) is 0.819. The summed E-state index contributed by atoms with van der Waals surface area (Å²) >= 11 is 1.65. The van der Waals surface area contributed by atoms with Crippen molar-refractivity contribution in [3.05, 3.63) is 36.4 Å². The van der Waals surface area contributed by atoms with Crippen LogP contribution in [-0.4, -0.2) is 23.2 Å². The van der Waals surface area contributed by atoms with E-state index < -0.39 is 0 Å². The van der Waals surface area contributed by atoms with E-state index in [-0.39, 0.29) is 11.4 Å². The van der Waals surface area contributed by atoms with Crippen LogP contribution in [0.3, 0.4) is 0 Å². The molecule has 1 aliphatic heterocycles. The molecule has 1 amide bonds. The number of hydrogen-bond donors (Lipinski definition) is 2. The molecule has 86 valence electrons. The lowest BCUT2D eigenvalue weighted by Crippen LogP contribution is -2.38. The fourth-order valence-electron chi connectivity index (χ4n) is 1.33. The zero-order chi connectivity index (χ0) is 11.2. The van der Waals surface area contributed by atoms with Crippen molar-refractivity contribution in [1.82, 2.24) is 10.6 Å². The number of nitrogens with one attached hydrogen (secondary N) is 2. The summed E-state index contributed by atoms with van der Waals surface area (Å²) in [5.41, 5.74) is 0.194. The molecule has 0 bridgehead atoms. The normalized spacial score (nSPS) is 23.2. The maximum absolute atomic E-state index is 10.7. The summed E-state index contributed by atoms with van der Waals surface area (Å²) < 4.78 is 0. The maximum Gasteiger partial charge on any atom is 0.231 e. The molecule has 1 atom stereocenters. The summed E-state index contributed by atoms with van der Waals surface area (Å²) in [6.07, 6.45) is 2.54. The maximum atomic E-state index is 10.7. The van der Waals surface area contributed by atoms with Crippen LogP contribution in [0.4, 0.5) is 0 Å². The van der Waals surface area contributed by atoms with Gasteiger partial charge in [0.15, 0.2) is 0 Å². The van der Waals surface area contributed by atoms with Gasteiger partial charge in [-0.2, -0.15) is 0 Å². The minimum absolute atomic E-state index is 0.156. The summed E-state index contributed by atoms with van der Waals surface area (Å²) in [4.78, 5) is 10.7. The van der Waals surface area contributed by atoms with Gasteiger partial charge in [-0.1, -0.05) is 36.4 Å². The minimum atomic E-state index is 0.156. The number of rotatable bonds is 2. The van der Waals surface area contributed by atoms with Crippen molar-refractivity contribution in [2.24, 2.45) is 0 Å². The molecule has 0 aromatic heterocycles. The molecule has 1 aromatic carbocycles. The second-order valence-electron chi connectivity index (χ2n) is 3.85. The first-order valence-corrected chi connectivity index (χ1v) is 6.56. The molecule has 16 heavy (non-hydrogen) atoms. The van der Waals surface area contributed by atoms with E-state index in [1.54, 1.807) is 11.8 Å². The molecule has 0 radical (unpaired) electrons. The van der Waals surface area contributed by atoms with Crippen molar-refractivity contribution in [2.75, 3.05) is 5.75 Å². The lowest BCUT2D eigenvalue weighted by Gasteiger charge is -2.09. The van der Waals surface area contributed by atoms with Gasteiger partial charge in [-0.25, -0.2) is 0 Å². The first-order valence-electron chi connectivity index (χ1n) is 5.51. The molecule has 3 nitrogen and oxygen atoms in total. The molecular formula is C12H16N2OS. The topological polar surface area (TPSA) is 41.1 Å². The molecule has 0 spiro atoms. The van der Waals surface area contributed by atoms with Crippen molar-refractivity contribution in [3.63, 3.8) is 0 Å². The number of thioether (sulfide) groups is 1. The van der Waals surface area contributed by atoms with Crippen LogP contribution >= 0.6 is 11.8 Å². The Morgan fingerprint density at radius 1 is 1.12 bits per heavy atom. The van der Waals surface area contributed by atoms with Crippen molar-refractivity contribution in [2.45, 2.75) is 24.4 Å². The van der Waals surface area contributed by atoms with Crippen molar-refractivity contribution in [3.8, 4) is 0 Å². The Balaban J connectivity index is 0.000000138. The van der Waals surface area contributed by atoms with Crippen LogP contribution in [0.2, 0.25) is 0 Å². The number of amides is 1.